The molecule has 0 radical (unpaired) electrons. The number of hydrogen-bond acceptors (Lipinski definition) is 4. The summed E-state index contributed by atoms with van der Waals surface area (Å²) in [7, 11) is 1.40. The summed E-state index contributed by atoms with van der Waals surface area (Å²) in [6.07, 6.45) is 5.19. The monoisotopic (exact) mass is 311 g/mol. The minimum Gasteiger partial charge on any atom is -0.469 e. The summed E-state index contributed by atoms with van der Waals surface area (Å²) in [5, 5.41) is 2.94. The molecule has 21 heavy (non-hydrogen) atoms. The van der Waals surface area contributed by atoms with Gasteiger partial charge < -0.3 is 10.1 Å². The normalized spacial score (nSPS) is 10.4. The van der Waals surface area contributed by atoms with Crippen molar-refractivity contribution in [3.05, 3.63) is 21.4 Å². The molecule has 0 fully saturated rings. The number of methoxy groups -OCH3 is 1. The lowest BCUT2D eigenvalue weighted by molar-refractivity contribution is -0.140. The summed E-state index contributed by atoms with van der Waals surface area (Å²) in [6.45, 7) is 4.87. The van der Waals surface area contributed by atoms with Crippen molar-refractivity contribution in [1.29, 1.82) is 0 Å². The molecular weight excluding hydrogens is 286 g/mol. The third-order valence-electron chi connectivity index (χ3n) is 3.33. The Balaban J connectivity index is 2.24. The van der Waals surface area contributed by atoms with E-state index < -0.39 is 0 Å². The van der Waals surface area contributed by atoms with Crippen LogP contribution in [0.25, 0.3) is 0 Å². The van der Waals surface area contributed by atoms with Crippen LogP contribution in [0.1, 0.15) is 59.1 Å². The molecule has 0 spiro atoms. The number of rotatable bonds is 9. The van der Waals surface area contributed by atoms with Gasteiger partial charge in [0.15, 0.2) is 0 Å². The third kappa shape index (κ3) is 6.29. The fraction of sp³-hybridized carbons (Fsp3) is 0.625. The molecule has 1 aromatic rings. The van der Waals surface area contributed by atoms with Crippen molar-refractivity contribution in [2.45, 2.75) is 52.4 Å². The molecule has 0 aliphatic heterocycles. The van der Waals surface area contributed by atoms with Crippen LogP contribution in [0.2, 0.25) is 0 Å². The number of ether oxygens (including phenoxy) is 1. The zero-order chi connectivity index (χ0) is 15.7. The highest BCUT2D eigenvalue weighted by atomic mass is 32.1. The van der Waals surface area contributed by atoms with Crippen molar-refractivity contribution < 1.29 is 14.3 Å². The molecule has 0 aromatic carbocycles. The number of thiophene rings is 1. The highest BCUT2D eigenvalue weighted by molar-refractivity contribution is 7.14. The quantitative estimate of drug-likeness (QED) is 0.561. The summed E-state index contributed by atoms with van der Waals surface area (Å²) < 4.78 is 4.58. The van der Waals surface area contributed by atoms with Gasteiger partial charge in [0.1, 0.15) is 0 Å². The van der Waals surface area contributed by atoms with Crippen molar-refractivity contribution in [1.82, 2.24) is 5.32 Å². The van der Waals surface area contributed by atoms with Crippen LogP contribution in [-0.2, 0) is 16.0 Å². The summed E-state index contributed by atoms with van der Waals surface area (Å²) in [5.74, 6) is -0.157. The Bertz CT molecular complexity index is 468. The molecule has 0 aliphatic rings. The Morgan fingerprint density at radius 2 is 2.05 bits per heavy atom. The lowest BCUT2D eigenvalue weighted by Gasteiger charge is -2.03. The number of aryl methyl sites for hydroxylation is 2. The molecule has 1 aromatic heterocycles. The number of hydrogen-bond donors (Lipinski definition) is 1. The van der Waals surface area contributed by atoms with Gasteiger partial charge in [0.2, 0.25) is 0 Å². The number of carbonyl (C=O) groups is 2. The fourth-order valence-electron chi connectivity index (χ4n) is 2.11. The van der Waals surface area contributed by atoms with E-state index in [1.807, 2.05) is 6.07 Å². The van der Waals surface area contributed by atoms with Gasteiger partial charge in [-0.3, -0.25) is 9.59 Å². The standard InChI is InChI=1S/C16H25NO3S/c1-4-8-13-11-14(21-12(13)2)16(19)17-10-7-5-6-9-15(18)20-3/h11H,4-10H2,1-3H3,(H,17,19). The maximum Gasteiger partial charge on any atom is 0.305 e. The van der Waals surface area contributed by atoms with Gasteiger partial charge in [0, 0.05) is 17.8 Å². The topological polar surface area (TPSA) is 55.4 Å². The van der Waals surface area contributed by atoms with E-state index in [1.165, 1.54) is 17.6 Å². The van der Waals surface area contributed by atoms with Gasteiger partial charge in [0.25, 0.3) is 5.91 Å². The summed E-state index contributed by atoms with van der Waals surface area (Å²) in [4.78, 5) is 25.0. The van der Waals surface area contributed by atoms with Crippen LogP contribution in [0.15, 0.2) is 6.07 Å². The molecule has 4 nitrogen and oxygen atoms in total. The summed E-state index contributed by atoms with van der Waals surface area (Å²) in [5.41, 5.74) is 1.28. The van der Waals surface area contributed by atoms with E-state index in [-0.39, 0.29) is 11.9 Å². The Kier molecular flexibility index (Phi) is 8.05. The van der Waals surface area contributed by atoms with Crippen molar-refractivity contribution in [2.75, 3.05) is 13.7 Å². The molecule has 0 saturated carbocycles. The van der Waals surface area contributed by atoms with Crippen LogP contribution < -0.4 is 5.32 Å². The number of unbranched alkanes of at least 4 members (excludes halogenated alkanes) is 2. The number of esters is 1. The molecule has 1 heterocycles. The van der Waals surface area contributed by atoms with Crippen molar-refractivity contribution >= 4 is 23.2 Å². The van der Waals surface area contributed by atoms with E-state index in [0.717, 1.165) is 37.0 Å². The van der Waals surface area contributed by atoms with E-state index in [1.54, 1.807) is 11.3 Å². The van der Waals surface area contributed by atoms with Gasteiger partial charge in [-0.05, 0) is 37.8 Å². The Morgan fingerprint density at radius 3 is 2.71 bits per heavy atom. The Hall–Kier alpha value is -1.36. The van der Waals surface area contributed by atoms with Gasteiger partial charge >= 0.3 is 5.97 Å². The van der Waals surface area contributed by atoms with Crippen molar-refractivity contribution in [3.63, 3.8) is 0 Å². The molecule has 118 valence electrons. The smallest absolute Gasteiger partial charge is 0.305 e. The zero-order valence-corrected chi connectivity index (χ0v) is 14.0. The first kappa shape index (κ1) is 17.7. The second-order valence-corrected chi connectivity index (χ2v) is 6.34. The zero-order valence-electron chi connectivity index (χ0n) is 13.2. The SMILES string of the molecule is CCCc1cc(C(=O)NCCCCCC(=O)OC)sc1C. The van der Waals surface area contributed by atoms with Crippen molar-refractivity contribution in [3.8, 4) is 0 Å². The first-order chi connectivity index (χ1) is 10.1. The van der Waals surface area contributed by atoms with Crippen LogP contribution in [0.4, 0.5) is 0 Å². The average molecular weight is 311 g/mol. The molecule has 0 atom stereocenters. The van der Waals surface area contributed by atoms with E-state index in [9.17, 15) is 9.59 Å². The summed E-state index contributed by atoms with van der Waals surface area (Å²) in [6, 6.07) is 2.01. The first-order valence-corrected chi connectivity index (χ1v) is 8.34. The largest absolute Gasteiger partial charge is 0.469 e. The van der Waals surface area contributed by atoms with E-state index in [0.29, 0.717) is 13.0 Å². The fourth-order valence-corrected chi connectivity index (χ4v) is 3.10. The number of amides is 1. The maximum atomic E-state index is 12.0. The first-order valence-electron chi connectivity index (χ1n) is 7.52. The van der Waals surface area contributed by atoms with E-state index in [4.69, 9.17) is 0 Å². The maximum absolute atomic E-state index is 12.0. The molecule has 0 saturated heterocycles. The van der Waals surface area contributed by atoms with Crippen LogP contribution in [0.3, 0.4) is 0 Å². The van der Waals surface area contributed by atoms with E-state index >= 15 is 0 Å². The highest BCUT2D eigenvalue weighted by Gasteiger charge is 2.11. The Labute approximate surface area is 130 Å². The molecule has 1 N–H and O–H groups in total. The molecular formula is C16H25NO3S. The van der Waals surface area contributed by atoms with Gasteiger partial charge in [0.05, 0.1) is 12.0 Å². The average Bonchev–Trinajstić information content (AvgIpc) is 2.84. The predicted octanol–water partition coefficient (Wildman–Crippen LogP) is 3.47. The molecule has 1 amide bonds. The van der Waals surface area contributed by atoms with Crippen molar-refractivity contribution in [2.24, 2.45) is 0 Å². The van der Waals surface area contributed by atoms with Gasteiger partial charge in [-0.25, -0.2) is 0 Å². The number of carbonyl (C=O) groups excluding carboxylic acids is 2. The van der Waals surface area contributed by atoms with Crippen LogP contribution in [0, 0.1) is 6.92 Å². The lowest BCUT2D eigenvalue weighted by Crippen LogP contribution is -2.23. The molecule has 5 heteroatoms. The van der Waals surface area contributed by atoms with Gasteiger partial charge in [-0.2, -0.15) is 0 Å². The minimum atomic E-state index is -0.170. The highest BCUT2D eigenvalue weighted by Crippen LogP contribution is 2.22. The molecule has 0 bridgehead atoms. The van der Waals surface area contributed by atoms with E-state index in [2.05, 4.69) is 23.9 Å². The molecule has 0 aliphatic carbocycles. The third-order valence-corrected chi connectivity index (χ3v) is 4.43. The predicted molar refractivity (Wildman–Crippen MR) is 85.9 cm³/mol. The van der Waals surface area contributed by atoms with Crippen LogP contribution >= 0.6 is 11.3 Å². The van der Waals surface area contributed by atoms with Gasteiger partial charge in [-0.1, -0.05) is 19.8 Å². The summed E-state index contributed by atoms with van der Waals surface area (Å²) >= 11 is 1.56. The van der Waals surface area contributed by atoms with Gasteiger partial charge in [-0.15, -0.1) is 11.3 Å². The number of nitrogens with one attached hydrogen (secondary N) is 1. The molecule has 1 rings (SSSR count). The van der Waals surface area contributed by atoms with Crippen LogP contribution in [0.5, 0.6) is 0 Å². The van der Waals surface area contributed by atoms with Crippen LogP contribution in [-0.4, -0.2) is 25.5 Å². The lowest BCUT2D eigenvalue weighted by atomic mass is 10.1. The Morgan fingerprint density at radius 1 is 1.29 bits per heavy atom. The molecule has 0 unspecified atom stereocenters. The minimum absolute atomic E-state index is 0.0124. The second kappa shape index (κ2) is 9.55. The second-order valence-electron chi connectivity index (χ2n) is 5.08.